The molecule has 2 rings (SSSR count). The van der Waals surface area contributed by atoms with Crippen molar-refractivity contribution >= 4 is 27.4 Å². The third-order valence-electron chi connectivity index (χ3n) is 3.03. The average Bonchev–Trinajstić information content (AvgIpc) is 2.54. The lowest BCUT2D eigenvalue weighted by molar-refractivity contribution is -0.386. The molecular formula is C14H11N2O7S-. The fraction of sp³-hybridized carbons (Fsp3) is 0.0714. The first kappa shape index (κ1) is 17.2. The van der Waals surface area contributed by atoms with Gasteiger partial charge in [0, 0.05) is 11.8 Å². The highest BCUT2D eigenvalue weighted by Crippen LogP contribution is 2.30. The summed E-state index contributed by atoms with van der Waals surface area (Å²) in [6.07, 6.45) is 0. The molecule has 0 saturated heterocycles. The number of nitro groups is 1. The van der Waals surface area contributed by atoms with Crippen molar-refractivity contribution in [3.8, 4) is 5.75 Å². The molecule has 0 aliphatic carbocycles. The smallest absolute Gasteiger partial charge is 0.312 e. The third kappa shape index (κ3) is 3.60. The Hall–Kier alpha value is -3.14. The summed E-state index contributed by atoms with van der Waals surface area (Å²) in [7, 11) is -2.87. The van der Waals surface area contributed by atoms with Crippen LogP contribution in [0.4, 0.5) is 11.4 Å². The number of nitrogens with zero attached hydrogens (tertiary/aromatic N) is 1. The fourth-order valence-corrected chi connectivity index (χ4v) is 2.95. The van der Waals surface area contributed by atoms with Gasteiger partial charge in [-0.2, -0.15) is 0 Å². The zero-order valence-corrected chi connectivity index (χ0v) is 13.1. The second-order valence-electron chi connectivity index (χ2n) is 4.56. The molecule has 0 bridgehead atoms. The summed E-state index contributed by atoms with van der Waals surface area (Å²) in [4.78, 5) is 20.5. The number of carboxylic acid groups (broad SMARTS) is 1. The average molecular weight is 351 g/mol. The normalized spacial score (nSPS) is 10.9. The highest BCUT2D eigenvalue weighted by Gasteiger charge is 2.22. The Balaban J connectivity index is 2.35. The van der Waals surface area contributed by atoms with Gasteiger partial charge in [0.15, 0.2) is 5.75 Å². The molecule has 0 aromatic heterocycles. The SMILES string of the molecule is COc1ccc(S(=O)(=O)Nc2ccc(C(=O)[O-])cc2)cc1[N+](=O)[O-]. The van der Waals surface area contributed by atoms with Crippen LogP contribution in [-0.2, 0) is 10.0 Å². The number of nitrogens with one attached hydrogen (secondary N) is 1. The van der Waals surface area contributed by atoms with Gasteiger partial charge in [0.05, 0.1) is 22.9 Å². The van der Waals surface area contributed by atoms with Gasteiger partial charge >= 0.3 is 5.69 Å². The van der Waals surface area contributed by atoms with Crippen molar-refractivity contribution in [2.24, 2.45) is 0 Å². The lowest BCUT2D eigenvalue weighted by Gasteiger charge is -2.10. The molecule has 0 atom stereocenters. The topological polar surface area (TPSA) is 139 Å². The van der Waals surface area contributed by atoms with Gasteiger partial charge in [-0.05, 0) is 29.8 Å². The minimum absolute atomic E-state index is 0.0720. The number of ether oxygens (including phenoxy) is 1. The second-order valence-corrected chi connectivity index (χ2v) is 6.24. The number of benzene rings is 2. The highest BCUT2D eigenvalue weighted by atomic mass is 32.2. The summed E-state index contributed by atoms with van der Waals surface area (Å²) in [5.41, 5.74) is -0.510. The first-order valence-electron chi connectivity index (χ1n) is 6.41. The predicted molar refractivity (Wildman–Crippen MR) is 81.2 cm³/mol. The number of rotatable bonds is 6. The Bertz CT molecular complexity index is 892. The predicted octanol–water partition coefficient (Wildman–Crippen LogP) is 0.768. The van der Waals surface area contributed by atoms with Crippen LogP contribution in [0.15, 0.2) is 47.4 Å². The summed E-state index contributed by atoms with van der Waals surface area (Å²) in [6, 6.07) is 8.01. The Kier molecular flexibility index (Phi) is 4.69. The summed E-state index contributed by atoms with van der Waals surface area (Å²) >= 11 is 0. The van der Waals surface area contributed by atoms with E-state index in [1.54, 1.807) is 0 Å². The van der Waals surface area contributed by atoms with E-state index < -0.39 is 26.6 Å². The molecule has 0 aliphatic heterocycles. The van der Waals surface area contributed by atoms with E-state index in [1.165, 1.54) is 37.4 Å². The van der Waals surface area contributed by atoms with Crippen LogP contribution in [0.2, 0.25) is 0 Å². The van der Waals surface area contributed by atoms with Gasteiger partial charge in [-0.1, -0.05) is 12.1 Å². The lowest BCUT2D eigenvalue weighted by atomic mass is 10.2. The van der Waals surface area contributed by atoms with E-state index in [9.17, 15) is 28.4 Å². The van der Waals surface area contributed by atoms with E-state index in [4.69, 9.17) is 4.74 Å². The first-order valence-corrected chi connectivity index (χ1v) is 7.89. The van der Waals surface area contributed by atoms with E-state index in [0.29, 0.717) is 0 Å². The quantitative estimate of drug-likeness (QED) is 0.599. The van der Waals surface area contributed by atoms with Crippen molar-refractivity contribution in [2.45, 2.75) is 4.90 Å². The maximum absolute atomic E-state index is 12.3. The molecule has 0 fully saturated rings. The molecule has 126 valence electrons. The van der Waals surface area contributed by atoms with Crippen LogP contribution in [0.1, 0.15) is 10.4 Å². The minimum atomic E-state index is -4.10. The van der Waals surface area contributed by atoms with Crippen LogP contribution < -0.4 is 14.6 Å². The highest BCUT2D eigenvalue weighted by molar-refractivity contribution is 7.92. The number of methoxy groups -OCH3 is 1. The summed E-state index contributed by atoms with van der Waals surface area (Å²) in [6.45, 7) is 0. The van der Waals surface area contributed by atoms with Crippen LogP contribution in [-0.4, -0.2) is 26.4 Å². The van der Waals surface area contributed by atoms with Crippen LogP contribution in [0.5, 0.6) is 5.75 Å². The van der Waals surface area contributed by atoms with E-state index in [1.807, 2.05) is 0 Å². The number of carbonyl (C=O) groups is 1. The van der Waals surface area contributed by atoms with Crippen LogP contribution in [0.25, 0.3) is 0 Å². The number of anilines is 1. The zero-order valence-electron chi connectivity index (χ0n) is 12.3. The Morgan fingerprint density at radius 2 is 1.79 bits per heavy atom. The van der Waals surface area contributed by atoms with E-state index in [-0.39, 0.29) is 21.9 Å². The van der Waals surface area contributed by atoms with Gasteiger partial charge in [0.25, 0.3) is 10.0 Å². The van der Waals surface area contributed by atoms with Crippen molar-refractivity contribution in [3.63, 3.8) is 0 Å². The standard InChI is InChI=1S/C14H12N2O7S/c1-23-13-7-6-11(8-12(13)16(19)20)24(21,22)15-10-4-2-9(3-5-10)14(17)18/h2-8,15H,1H3,(H,17,18)/p-1. The molecule has 0 radical (unpaired) electrons. The van der Waals surface area contributed by atoms with Crippen molar-refractivity contribution in [1.82, 2.24) is 0 Å². The maximum Gasteiger partial charge on any atom is 0.312 e. The van der Waals surface area contributed by atoms with E-state index >= 15 is 0 Å². The van der Waals surface area contributed by atoms with E-state index in [2.05, 4.69) is 4.72 Å². The van der Waals surface area contributed by atoms with Gasteiger partial charge in [-0.25, -0.2) is 8.42 Å². The molecule has 0 aliphatic rings. The van der Waals surface area contributed by atoms with Gasteiger partial charge in [0.2, 0.25) is 0 Å². The number of hydrogen-bond acceptors (Lipinski definition) is 7. The monoisotopic (exact) mass is 351 g/mol. The van der Waals surface area contributed by atoms with Gasteiger partial charge in [-0.3, -0.25) is 14.8 Å². The Morgan fingerprint density at radius 3 is 2.29 bits per heavy atom. The number of nitro benzene ring substituents is 1. The number of sulfonamides is 1. The summed E-state index contributed by atoms with van der Waals surface area (Å²) in [5, 5.41) is 21.6. The lowest BCUT2D eigenvalue weighted by Crippen LogP contribution is -2.22. The molecular weight excluding hydrogens is 340 g/mol. The van der Waals surface area contributed by atoms with Crippen molar-refractivity contribution in [1.29, 1.82) is 0 Å². The molecule has 0 spiro atoms. The minimum Gasteiger partial charge on any atom is -0.545 e. The molecule has 0 amide bonds. The van der Waals surface area contributed by atoms with Crippen LogP contribution in [0, 0.1) is 10.1 Å². The summed E-state index contributed by atoms with van der Waals surface area (Å²) < 4.78 is 31.6. The Labute approximate surface area is 136 Å². The second kappa shape index (κ2) is 6.54. The van der Waals surface area contributed by atoms with Gasteiger partial charge < -0.3 is 14.6 Å². The molecule has 1 N–H and O–H groups in total. The number of aromatic carboxylic acids is 1. The van der Waals surface area contributed by atoms with Crippen molar-refractivity contribution in [3.05, 3.63) is 58.1 Å². The first-order chi connectivity index (χ1) is 11.2. The van der Waals surface area contributed by atoms with Crippen molar-refractivity contribution < 1.29 is 28.0 Å². The maximum atomic E-state index is 12.3. The molecule has 2 aromatic rings. The molecule has 0 heterocycles. The molecule has 24 heavy (non-hydrogen) atoms. The Morgan fingerprint density at radius 1 is 1.17 bits per heavy atom. The number of hydrogen-bond donors (Lipinski definition) is 1. The van der Waals surface area contributed by atoms with E-state index in [0.717, 1.165) is 12.1 Å². The van der Waals surface area contributed by atoms with Crippen molar-refractivity contribution in [2.75, 3.05) is 11.8 Å². The van der Waals surface area contributed by atoms with Gasteiger partial charge in [-0.15, -0.1) is 0 Å². The number of carbonyl (C=O) groups excluding carboxylic acids is 1. The number of carboxylic acids is 1. The molecule has 0 unspecified atom stereocenters. The summed E-state index contributed by atoms with van der Waals surface area (Å²) in [5.74, 6) is -1.47. The van der Waals surface area contributed by atoms with Crippen LogP contribution in [0.3, 0.4) is 0 Å². The largest absolute Gasteiger partial charge is 0.545 e. The van der Waals surface area contributed by atoms with Crippen LogP contribution >= 0.6 is 0 Å². The molecule has 10 heteroatoms. The molecule has 9 nitrogen and oxygen atoms in total. The fourth-order valence-electron chi connectivity index (χ4n) is 1.87. The third-order valence-corrected chi connectivity index (χ3v) is 4.41. The van der Waals surface area contributed by atoms with Gasteiger partial charge in [0.1, 0.15) is 0 Å². The zero-order chi connectivity index (χ0) is 17.9. The molecule has 2 aromatic carbocycles. The molecule has 0 saturated carbocycles.